The standard InChI is InChI=1S/C23H34N2O3/c1-16-12-24(22(26)28-23(2,3)4)10-9-18-7-8-20(11-21(16)18)27-15-19-14-25(19)13-17-5-6-17/h7-8,11,16-17,19H,5-6,9-10,12-15H2,1-4H3. The van der Waals surface area contributed by atoms with Crippen molar-refractivity contribution in [1.82, 2.24) is 9.80 Å². The Balaban J connectivity index is 1.34. The van der Waals surface area contributed by atoms with Crippen molar-refractivity contribution in [2.24, 2.45) is 5.92 Å². The first-order valence-corrected chi connectivity index (χ1v) is 10.8. The van der Waals surface area contributed by atoms with Gasteiger partial charge in [0.2, 0.25) is 0 Å². The van der Waals surface area contributed by atoms with Crippen LogP contribution in [0.1, 0.15) is 57.6 Å². The SMILES string of the molecule is CC1CN(C(=O)OC(C)(C)C)CCc2ccc(OCC3CN3CC3CC3)cc21. The highest BCUT2D eigenvalue weighted by atomic mass is 16.6. The first-order chi connectivity index (χ1) is 13.3. The summed E-state index contributed by atoms with van der Waals surface area (Å²) < 4.78 is 11.7. The number of hydrogen-bond donors (Lipinski definition) is 0. The number of carbonyl (C=O) groups is 1. The van der Waals surface area contributed by atoms with Gasteiger partial charge in [-0.1, -0.05) is 13.0 Å². The minimum Gasteiger partial charge on any atom is -0.492 e. The first-order valence-electron chi connectivity index (χ1n) is 10.8. The molecule has 2 fully saturated rings. The Bertz CT molecular complexity index is 723. The summed E-state index contributed by atoms with van der Waals surface area (Å²) in [5.41, 5.74) is 2.15. The van der Waals surface area contributed by atoms with Gasteiger partial charge in [-0.15, -0.1) is 0 Å². The van der Waals surface area contributed by atoms with Gasteiger partial charge in [0, 0.05) is 26.2 Å². The Morgan fingerprint density at radius 3 is 2.71 bits per heavy atom. The van der Waals surface area contributed by atoms with Crippen LogP contribution >= 0.6 is 0 Å². The van der Waals surface area contributed by atoms with E-state index in [-0.39, 0.29) is 12.0 Å². The Hall–Kier alpha value is -1.75. The fourth-order valence-corrected chi connectivity index (χ4v) is 4.05. The average Bonchev–Trinajstić information content (AvgIpc) is 3.52. The lowest BCUT2D eigenvalue weighted by atomic mass is 9.95. The second-order valence-electron chi connectivity index (χ2n) is 9.80. The zero-order valence-corrected chi connectivity index (χ0v) is 17.7. The summed E-state index contributed by atoms with van der Waals surface area (Å²) in [5.74, 6) is 2.17. The predicted octanol–water partition coefficient (Wildman–Crippen LogP) is 4.06. The molecular formula is C23H34N2O3. The van der Waals surface area contributed by atoms with Crippen LogP contribution in [-0.4, -0.2) is 60.3 Å². The molecule has 1 aliphatic carbocycles. The largest absolute Gasteiger partial charge is 0.492 e. The first kappa shape index (κ1) is 19.6. The molecule has 5 nitrogen and oxygen atoms in total. The molecule has 0 spiro atoms. The molecule has 3 unspecified atom stereocenters. The molecule has 0 N–H and O–H groups in total. The number of benzene rings is 1. The molecule has 5 heteroatoms. The van der Waals surface area contributed by atoms with Crippen LogP contribution in [0.2, 0.25) is 0 Å². The molecule has 1 saturated heterocycles. The van der Waals surface area contributed by atoms with Gasteiger partial charge in [-0.2, -0.15) is 0 Å². The van der Waals surface area contributed by atoms with E-state index < -0.39 is 5.60 Å². The lowest BCUT2D eigenvalue weighted by molar-refractivity contribution is 0.0248. The summed E-state index contributed by atoms with van der Waals surface area (Å²) in [6.07, 6.45) is 3.46. The summed E-state index contributed by atoms with van der Waals surface area (Å²) in [6.45, 7) is 12.5. The normalized spacial score (nSPS) is 27.0. The maximum Gasteiger partial charge on any atom is 0.410 e. The Morgan fingerprint density at radius 2 is 2.00 bits per heavy atom. The summed E-state index contributed by atoms with van der Waals surface area (Å²) in [5, 5.41) is 0. The van der Waals surface area contributed by atoms with E-state index in [1.807, 2.05) is 25.7 Å². The Morgan fingerprint density at radius 1 is 1.21 bits per heavy atom. The minimum absolute atomic E-state index is 0.215. The van der Waals surface area contributed by atoms with Crippen LogP contribution in [0.4, 0.5) is 4.79 Å². The highest BCUT2D eigenvalue weighted by Gasteiger charge is 2.38. The number of fused-ring (bicyclic) bond motifs is 1. The lowest BCUT2D eigenvalue weighted by Gasteiger charge is -2.27. The number of ether oxygens (including phenoxy) is 2. The highest BCUT2D eigenvalue weighted by molar-refractivity contribution is 5.68. The minimum atomic E-state index is -0.462. The fraction of sp³-hybridized carbons (Fsp3) is 0.696. The molecule has 3 aliphatic rings. The van der Waals surface area contributed by atoms with Gasteiger partial charge in [-0.25, -0.2) is 4.79 Å². The molecule has 4 rings (SSSR count). The number of carbonyl (C=O) groups excluding carboxylic acids is 1. The van der Waals surface area contributed by atoms with E-state index in [2.05, 4.69) is 30.0 Å². The highest BCUT2D eigenvalue weighted by Crippen LogP contribution is 2.34. The van der Waals surface area contributed by atoms with Crippen LogP contribution in [0.3, 0.4) is 0 Å². The third-order valence-electron chi connectivity index (χ3n) is 5.91. The van der Waals surface area contributed by atoms with Crippen molar-refractivity contribution < 1.29 is 14.3 Å². The summed E-state index contributed by atoms with van der Waals surface area (Å²) in [4.78, 5) is 16.9. The molecule has 1 saturated carbocycles. The second kappa shape index (κ2) is 7.58. The topological polar surface area (TPSA) is 41.8 Å². The van der Waals surface area contributed by atoms with Gasteiger partial charge in [0.1, 0.15) is 18.0 Å². The Kier molecular flexibility index (Phi) is 5.30. The molecule has 2 aliphatic heterocycles. The zero-order chi connectivity index (χ0) is 19.9. The number of hydrogen-bond acceptors (Lipinski definition) is 4. The van der Waals surface area contributed by atoms with Gasteiger partial charge >= 0.3 is 6.09 Å². The smallest absolute Gasteiger partial charge is 0.410 e. The van der Waals surface area contributed by atoms with Crippen molar-refractivity contribution in [2.75, 3.05) is 32.8 Å². The lowest BCUT2D eigenvalue weighted by Crippen LogP contribution is -2.38. The third-order valence-corrected chi connectivity index (χ3v) is 5.91. The Labute approximate surface area is 169 Å². The van der Waals surface area contributed by atoms with Gasteiger partial charge in [-0.3, -0.25) is 4.90 Å². The maximum atomic E-state index is 12.5. The van der Waals surface area contributed by atoms with E-state index in [0.29, 0.717) is 19.1 Å². The van der Waals surface area contributed by atoms with Crippen molar-refractivity contribution >= 4 is 6.09 Å². The van der Waals surface area contributed by atoms with E-state index >= 15 is 0 Å². The number of amides is 1. The third kappa shape index (κ3) is 4.99. The molecule has 154 valence electrons. The van der Waals surface area contributed by atoms with Gasteiger partial charge in [0.25, 0.3) is 0 Å². The molecule has 1 aromatic carbocycles. The molecule has 0 aromatic heterocycles. The van der Waals surface area contributed by atoms with Crippen LogP contribution in [0.5, 0.6) is 5.75 Å². The van der Waals surface area contributed by atoms with Gasteiger partial charge in [0.15, 0.2) is 0 Å². The van der Waals surface area contributed by atoms with E-state index in [4.69, 9.17) is 9.47 Å². The van der Waals surface area contributed by atoms with E-state index in [0.717, 1.165) is 24.7 Å². The molecule has 0 radical (unpaired) electrons. The predicted molar refractivity (Wildman–Crippen MR) is 110 cm³/mol. The van der Waals surface area contributed by atoms with Crippen LogP contribution in [-0.2, 0) is 11.2 Å². The molecule has 2 heterocycles. The maximum absolute atomic E-state index is 12.5. The molecule has 3 atom stereocenters. The molecule has 28 heavy (non-hydrogen) atoms. The number of nitrogens with zero attached hydrogens (tertiary/aromatic N) is 2. The van der Waals surface area contributed by atoms with Gasteiger partial charge < -0.3 is 14.4 Å². The van der Waals surface area contributed by atoms with Crippen molar-refractivity contribution in [1.29, 1.82) is 0 Å². The van der Waals surface area contributed by atoms with Crippen molar-refractivity contribution in [2.45, 2.75) is 64.5 Å². The van der Waals surface area contributed by atoms with Crippen molar-refractivity contribution in [3.05, 3.63) is 29.3 Å². The van der Waals surface area contributed by atoms with Crippen LogP contribution in [0.15, 0.2) is 18.2 Å². The van der Waals surface area contributed by atoms with Crippen LogP contribution in [0, 0.1) is 5.92 Å². The van der Waals surface area contributed by atoms with E-state index in [9.17, 15) is 4.79 Å². The van der Waals surface area contributed by atoms with E-state index in [1.165, 1.54) is 37.1 Å². The van der Waals surface area contributed by atoms with Gasteiger partial charge in [0.05, 0.1) is 6.04 Å². The number of rotatable bonds is 5. The zero-order valence-electron chi connectivity index (χ0n) is 17.7. The van der Waals surface area contributed by atoms with Crippen LogP contribution in [0.25, 0.3) is 0 Å². The molecule has 1 amide bonds. The summed E-state index contributed by atoms with van der Waals surface area (Å²) >= 11 is 0. The quantitative estimate of drug-likeness (QED) is 0.716. The van der Waals surface area contributed by atoms with Crippen LogP contribution < -0.4 is 4.74 Å². The second-order valence-corrected chi connectivity index (χ2v) is 9.80. The van der Waals surface area contributed by atoms with Crippen molar-refractivity contribution in [3.63, 3.8) is 0 Å². The summed E-state index contributed by atoms with van der Waals surface area (Å²) in [7, 11) is 0. The average molecular weight is 387 g/mol. The summed E-state index contributed by atoms with van der Waals surface area (Å²) in [6, 6.07) is 7.04. The van der Waals surface area contributed by atoms with Gasteiger partial charge in [-0.05, 0) is 75.1 Å². The fourth-order valence-electron chi connectivity index (χ4n) is 4.05. The molecular weight excluding hydrogens is 352 g/mol. The van der Waals surface area contributed by atoms with Crippen molar-refractivity contribution in [3.8, 4) is 5.75 Å². The molecule has 1 aromatic rings. The monoisotopic (exact) mass is 386 g/mol. The molecule has 0 bridgehead atoms. The van der Waals surface area contributed by atoms with E-state index in [1.54, 1.807) is 0 Å².